The number of rotatable bonds is 3. The molecule has 0 aromatic heterocycles. The van der Waals surface area contributed by atoms with Gasteiger partial charge in [-0.25, -0.2) is 4.79 Å². The molecular formula is C11H14LiNaO5S. The molecule has 1 aromatic carbocycles. The van der Waals surface area contributed by atoms with Gasteiger partial charge in [0.05, 0.1) is 4.90 Å². The monoisotopic (exact) mass is 288 g/mol. The maximum atomic E-state index is 10.6. The van der Waals surface area contributed by atoms with E-state index in [0.717, 1.165) is 11.6 Å². The number of aliphatic carboxylic acids is 1. The van der Waals surface area contributed by atoms with Gasteiger partial charge < -0.3 is 7.96 Å². The number of benzene rings is 1. The normalized spacial score (nSPS) is 8.68. The van der Waals surface area contributed by atoms with Crippen LogP contribution in [0.25, 0.3) is 6.08 Å². The van der Waals surface area contributed by atoms with Crippen LogP contribution in [0.2, 0.25) is 0 Å². The van der Waals surface area contributed by atoms with Crippen LogP contribution in [0.15, 0.2) is 48.4 Å². The Morgan fingerprint density at radius 2 is 1.58 bits per heavy atom. The van der Waals surface area contributed by atoms with Crippen molar-refractivity contribution in [1.82, 2.24) is 0 Å². The number of carboxylic acids is 1. The third kappa shape index (κ3) is 11.2. The van der Waals surface area contributed by atoms with Gasteiger partial charge in [-0.05, 0) is 17.7 Å². The molecule has 0 atom stereocenters. The third-order valence-corrected chi connectivity index (χ3v) is 2.46. The van der Waals surface area contributed by atoms with Crippen LogP contribution in [-0.2, 0) is 14.9 Å². The summed E-state index contributed by atoms with van der Waals surface area (Å²) in [5.74, 6) is -0.981. The maximum Gasteiger partial charge on any atom is 1.00 e. The van der Waals surface area contributed by atoms with Crippen molar-refractivity contribution >= 4 is 22.2 Å². The van der Waals surface area contributed by atoms with Crippen LogP contribution in [0.1, 0.15) is 8.42 Å². The van der Waals surface area contributed by atoms with Gasteiger partial charge in [0.2, 0.25) is 0 Å². The number of carboxylic acid groups (broad SMARTS) is 1. The molecule has 0 aliphatic carbocycles. The van der Waals surface area contributed by atoms with Gasteiger partial charge in [-0.3, -0.25) is 4.55 Å². The van der Waals surface area contributed by atoms with E-state index in [4.69, 9.17) is 9.66 Å². The van der Waals surface area contributed by atoms with E-state index in [9.17, 15) is 13.2 Å². The molecule has 0 radical (unpaired) electrons. The largest absolute Gasteiger partial charge is 1.00 e. The fourth-order valence-corrected chi connectivity index (χ4v) is 1.26. The Bertz CT molecular complexity index is 520. The molecule has 0 aliphatic heterocycles. The van der Waals surface area contributed by atoms with E-state index in [2.05, 4.69) is 13.2 Å². The first kappa shape index (κ1) is 23.7. The molecule has 0 saturated heterocycles. The molecule has 0 unspecified atom stereocenters. The molecule has 19 heavy (non-hydrogen) atoms. The van der Waals surface area contributed by atoms with Crippen LogP contribution in [0.3, 0.4) is 0 Å². The van der Waals surface area contributed by atoms with Gasteiger partial charge in [0.15, 0.2) is 0 Å². The Hall–Kier alpha value is -0.323. The minimum atomic E-state index is -4.06. The van der Waals surface area contributed by atoms with Gasteiger partial charge in [0.25, 0.3) is 10.1 Å². The average Bonchev–Trinajstić information content (AvgIpc) is 2.29. The topological polar surface area (TPSA) is 91.7 Å². The molecule has 1 rings (SSSR count). The molecular weight excluding hydrogens is 274 g/mol. The Morgan fingerprint density at radius 3 is 1.79 bits per heavy atom. The average molecular weight is 288 g/mol. The summed E-state index contributed by atoms with van der Waals surface area (Å²) in [6.07, 6.45) is 2.42. The summed E-state index contributed by atoms with van der Waals surface area (Å²) >= 11 is 0. The van der Waals surface area contributed by atoms with Crippen molar-refractivity contribution in [3.8, 4) is 0 Å². The van der Waals surface area contributed by atoms with Crippen LogP contribution < -0.4 is 48.4 Å². The first-order valence-electron chi connectivity index (χ1n) is 4.36. The SMILES string of the molecule is C=CC(=O)O.C=Cc1ccc(S(=O)(=O)O)cc1.[H-].[H-].[Li+].[Na+]. The molecule has 0 saturated carbocycles. The van der Waals surface area contributed by atoms with Gasteiger partial charge in [0, 0.05) is 6.08 Å². The van der Waals surface area contributed by atoms with Gasteiger partial charge in [-0.15, -0.1) is 0 Å². The zero-order valence-electron chi connectivity index (χ0n) is 12.9. The van der Waals surface area contributed by atoms with Gasteiger partial charge in [0.1, 0.15) is 0 Å². The first-order valence-corrected chi connectivity index (χ1v) is 5.80. The number of hydrogen-bond acceptors (Lipinski definition) is 3. The molecule has 0 bridgehead atoms. The zero-order chi connectivity index (χ0) is 13.5. The molecule has 0 spiro atoms. The summed E-state index contributed by atoms with van der Waals surface area (Å²) in [6, 6.07) is 5.78. The maximum absolute atomic E-state index is 10.6. The fraction of sp³-hybridized carbons (Fsp3) is 0. The van der Waals surface area contributed by atoms with Gasteiger partial charge in [-0.2, -0.15) is 8.42 Å². The second kappa shape index (κ2) is 11.5. The van der Waals surface area contributed by atoms with Crippen LogP contribution in [0, 0.1) is 0 Å². The van der Waals surface area contributed by atoms with Gasteiger partial charge >= 0.3 is 54.4 Å². The molecule has 0 heterocycles. The van der Waals surface area contributed by atoms with E-state index >= 15 is 0 Å². The summed E-state index contributed by atoms with van der Waals surface area (Å²) in [7, 11) is -4.06. The van der Waals surface area contributed by atoms with Crippen molar-refractivity contribution in [3.05, 3.63) is 49.1 Å². The predicted octanol–water partition coefficient (Wildman–Crippen LogP) is -3.93. The van der Waals surface area contributed by atoms with Crippen LogP contribution in [-0.4, -0.2) is 24.0 Å². The van der Waals surface area contributed by atoms with Crippen LogP contribution in [0.4, 0.5) is 0 Å². The second-order valence-corrected chi connectivity index (χ2v) is 4.21. The third-order valence-electron chi connectivity index (χ3n) is 1.59. The van der Waals surface area contributed by atoms with Crippen molar-refractivity contribution in [2.75, 3.05) is 0 Å². The molecule has 1 aromatic rings. The Kier molecular flexibility index (Phi) is 14.4. The fourth-order valence-electron chi connectivity index (χ4n) is 0.776. The molecule has 2 N–H and O–H groups in total. The van der Waals surface area contributed by atoms with Crippen molar-refractivity contribution in [1.29, 1.82) is 0 Å². The molecule has 0 amide bonds. The summed E-state index contributed by atoms with van der Waals surface area (Å²) in [4.78, 5) is 9.15. The summed E-state index contributed by atoms with van der Waals surface area (Å²) in [6.45, 7) is 6.47. The standard InChI is InChI=1S/C8H8O3S.C3H4O2.Li.Na.2H/c1-2-7-3-5-8(6-4-7)12(9,10)11;1-2-3(4)5;;;;/h2-6H,1H2,(H,9,10,11);2H,1H2,(H,4,5);;;;/q;;2*+1;2*-1. The first-order chi connectivity index (χ1) is 7.81. The molecule has 5 nitrogen and oxygen atoms in total. The van der Waals surface area contributed by atoms with Crippen LogP contribution >= 0.6 is 0 Å². The molecule has 8 heteroatoms. The molecule has 0 fully saturated rings. The van der Waals surface area contributed by atoms with Crippen molar-refractivity contribution < 1.29 is 74.1 Å². The van der Waals surface area contributed by atoms with E-state index < -0.39 is 16.1 Å². The second-order valence-electron chi connectivity index (χ2n) is 2.79. The Labute approximate surface area is 149 Å². The number of hydrogen-bond donors (Lipinski definition) is 2. The van der Waals surface area contributed by atoms with E-state index in [1.807, 2.05) is 0 Å². The van der Waals surface area contributed by atoms with E-state index in [1.165, 1.54) is 12.1 Å². The van der Waals surface area contributed by atoms with Gasteiger partial charge in [-0.1, -0.05) is 31.4 Å². The van der Waals surface area contributed by atoms with Crippen molar-refractivity contribution in [2.45, 2.75) is 4.90 Å². The number of carbonyl (C=O) groups is 1. The smallest absolute Gasteiger partial charge is 1.00 e. The Balaban J connectivity index is -0.0000000844. The van der Waals surface area contributed by atoms with Crippen molar-refractivity contribution in [3.63, 3.8) is 0 Å². The van der Waals surface area contributed by atoms with E-state index in [0.29, 0.717) is 0 Å². The zero-order valence-corrected chi connectivity index (χ0v) is 13.7. The van der Waals surface area contributed by atoms with Crippen molar-refractivity contribution in [2.24, 2.45) is 0 Å². The van der Waals surface area contributed by atoms with Crippen LogP contribution in [0.5, 0.6) is 0 Å². The quantitative estimate of drug-likeness (QED) is 0.337. The minimum Gasteiger partial charge on any atom is -1.00 e. The summed E-state index contributed by atoms with van der Waals surface area (Å²) in [5.41, 5.74) is 0.808. The molecule has 96 valence electrons. The predicted molar refractivity (Wildman–Crippen MR) is 66.4 cm³/mol. The van der Waals surface area contributed by atoms with E-state index in [-0.39, 0.29) is 56.2 Å². The summed E-state index contributed by atoms with van der Waals surface area (Å²) < 4.78 is 29.7. The summed E-state index contributed by atoms with van der Waals surface area (Å²) in [5, 5.41) is 7.60. The van der Waals surface area contributed by atoms with E-state index in [1.54, 1.807) is 18.2 Å². The minimum absolute atomic E-state index is 0. The Morgan fingerprint density at radius 1 is 1.21 bits per heavy atom. The molecule has 0 aliphatic rings.